The van der Waals surface area contributed by atoms with Gasteiger partial charge in [0.15, 0.2) is 16.6 Å². The van der Waals surface area contributed by atoms with Gasteiger partial charge in [-0.25, -0.2) is 0 Å². The van der Waals surface area contributed by atoms with E-state index in [1.54, 1.807) is 42.5 Å². The fraction of sp³-hybridized carbons (Fsp3) is 0.148. The van der Waals surface area contributed by atoms with Crippen LogP contribution in [0.2, 0.25) is 0 Å². The van der Waals surface area contributed by atoms with E-state index in [4.69, 9.17) is 26.4 Å². The zero-order valence-corrected chi connectivity index (χ0v) is 22.6. The van der Waals surface area contributed by atoms with Crippen LogP contribution in [0.25, 0.3) is 6.08 Å². The third-order valence-electron chi connectivity index (χ3n) is 5.29. The molecule has 1 aliphatic rings. The molecule has 4 rings (SSSR count). The molecule has 1 saturated heterocycles. The summed E-state index contributed by atoms with van der Waals surface area (Å²) in [6.07, 6.45) is 1.50. The molecule has 0 unspecified atom stereocenters. The topological polar surface area (TPSA) is 77.1 Å². The highest BCUT2D eigenvalue weighted by Gasteiger charge is 2.34. The quantitative estimate of drug-likeness (QED) is 0.165. The molecule has 0 spiro atoms. The lowest BCUT2D eigenvalue weighted by atomic mass is 10.1. The van der Waals surface area contributed by atoms with E-state index in [0.717, 1.165) is 9.13 Å². The summed E-state index contributed by atoms with van der Waals surface area (Å²) in [5.41, 5.74) is 2.07. The summed E-state index contributed by atoms with van der Waals surface area (Å²) in [4.78, 5) is 27.3. The highest BCUT2D eigenvalue weighted by atomic mass is 127. The molecule has 1 aliphatic heterocycles. The fourth-order valence-electron chi connectivity index (χ4n) is 3.57. The SMILES string of the molecule is CCOc1cccc(N2C(=O)/C(=C/c3ccc(OCc4ccc(I)cc4)c(OC)c3)C(=O)NC2=S)c1. The molecule has 0 radical (unpaired) electrons. The molecule has 3 aromatic rings. The van der Waals surface area contributed by atoms with Crippen LogP contribution in [0, 0.1) is 3.57 Å². The van der Waals surface area contributed by atoms with Gasteiger partial charge >= 0.3 is 0 Å². The van der Waals surface area contributed by atoms with Crippen molar-refractivity contribution < 1.29 is 23.8 Å². The van der Waals surface area contributed by atoms with Gasteiger partial charge in [-0.1, -0.05) is 24.3 Å². The summed E-state index contributed by atoms with van der Waals surface area (Å²) in [7, 11) is 1.54. The Labute approximate surface area is 228 Å². The fourth-order valence-corrected chi connectivity index (χ4v) is 4.21. The Morgan fingerprint density at radius 1 is 1.00 bits per heavy atom. The number of carbonyl (C=O) groups is 2. The number of rotatable bonds is 8. The summed E-state index contributed by atoms with van der Waals surface area (Å²) < 4.78 is 18.1. The van der Waals surface area contributed by atoms with Crippen molar-refractivity contribution in [1.82, 2.24) is 5.32 Å². The number of methoxy groups -OCH3 is 1. The van der Waals surface area contributed by atoms with Crippen molar-refractivity contribution in [3.63, 3.8) is 0 Å². The molecule has 36 heavy (non-hydrogen) atoms. The number of amides is 2. The number of anilines is 1. The van der Waals surface area contributed by atoms with Crippen molar-refractivity contribution in [3.05, 3.63) is 87.0 Å². The zero-order chi connectivity index (χ0) is 25.7. The van der Waals surface area contributed by atoms with Crippen LogP contribution < -0.4 is 24.4 Å². The number of halogens is 1. The molecule has 184 valence electrons. The second-order valence-corrected chi connectivity index (χ2v) is 9.35. The Bertz CT molecular complexity index is 1340. The van der Waals surface area contributed by atoms with Crippen LogP contribution in [-0.2, 0) is 16.2 Å². The molecular weight excluding hydrogens is 591 g/mol. The highest BCUT2D eigenvalue weighted by molar-refractivity contribution is 14.1. The van der Waals surface area contributed by atoms with Gasteiger partial charge in [-0.2, -0.15) is 0 Å². The maximum absolute atomic E-state index is 13.3. The molecule has 1 heterocycles. The van der Waals surface area contributed by atoms with Gasteiger partial charge < -0.3 is 14.2 Å². The van der Waals surface area contributed by atoms with Crippen molar-refractivity contribution in [2.45, 2.75) is 13.5 Å². The van der Waals surface area contributed by atoms with Crippen LogP contribution in [0.4, 0.5) is 5.69 Å². The van der Waals surface area contributed by atoms with Crippen molar-refractivity contribution in [3.8, 4) is 17.2 Å². The molecule has 0 aliphatic carbocycles. The molecule has 1 fully saturated rings. The Hall–Kier alpha value is -3.44. The number of benzene rings is 3. The number of hydrogen-bond acceptors (Lipinski definition) is 6. The van der Waals surface area contributed by atoms with Crippen LogP contribution in [-0.4, -0.2) is 30.6 Å². The Morgan fingerprint density at radius 2 is 1.78 bits per heavy atom. The van der Waals surface area contributed by atoms with E-state index in [9.17, 15) is 9.59 Å². The minimum atomic E-state index is -0.569. The summed E-state index contributed by atoms with van der Waals surface area (Å²) >= 11 is 7.54. The number of nitrogens with one attached hydrogen (secondary N) is 1. The molecule has 9 heteroatoms. The maximum atomic E-state index is 13.3. The van der Waals surface area contributed by atoms with E-state index < -0.39 is 11.8 Å². The highest BCUT2D eigenvalue weighted by Crippen LogP contribution is 2.31. The van der Waals surface area contributed by atoms with E-state index in [2.05, 4.69) is 27.9 Å². The van der Waals surface area contributed by atoms with Crippen LogP contribution in [0.1, 0.15) is 18.1 Å². The van der Waals surface area contributed by atoms with E-state index in [0.29, 0.717) is 41.7 Å². The monoisotopic (exact) mass is 614 g/mol. The average molecular weight is 614 g/mol. The van der Waals surface area contributed by atoms with E-state index >= 15 is 0 Å². The summed E-state index contributed by atoms with van der Waals surface area (Å²) in [6, 6.07) is 20.2. The smallest absolute Gasteiger partial charge is 0.270 e. The molecule has 0 aromatic heterocycles. The van der Waals surface area contributed by atoms with Crippen LogP contribution >= 0.6 is 34.8 Å². The van der Waals surface area contributed by atoms with Crippen LogP contribution in [0.15, 0.2) is 72.3 Å². The van der Waals surface area contributed by atoms with Crippen LogP contribution in [0.5, 0.6) is 17.2 Å². The third-order valence-corrected chi connectivity index (χ3v) is 6.30. The lowest BCUT2D eigenvalue weighted by Gasteiger charge is -2.29. The normalized spacial score (nSPS) is 14.6. The summed E-state index contributed by atoms with van der Waals surface area (Å²) in [5.74, 6) is 0.526. The molecule has 0 bridgehead atoms. The van der Waals surface area contributed by atoms with Gasteiger partial charge in [-0.05, 0) is 95.3 Å². The predicted molar refractivity (Wildman–Crippen MR) is 150 cm³/mol. The Kier molecular flexibility index (Phi) is 8.21. The Morgan fingerprint density at radius 3 is 2.50 bits per heavy atom. The van der Waals surface area contributed by atoms with Crippen molar-refractivity contribution in [2.24, 2.45) is 0 Å². The van der Waals surface area contributed by atoms with Gasteiger partial charge in [0.05, 0.1) is 19.4 Å². The Balaban J connectivity index is 1.58. The third kappa shape index (κ3) is 5.85. The van der Waals surface area contributed by atoms with Gasteiger partial charge in [0.2, 0.25) is 0 Å². The minimum absolute atomic E-state index is 0.00715. The lowest BCUT2D eigenvalue weighted by molar-refractivity contribution is -0.122. The molecule has 2 amide bonds. The summed E-state index contributed by atoms with van der Waals surface area (Å²) in [5, 5.41) is 2.60. The van der Waals surface area contributed by atoms with Crippen molar-refractivity contribution in [1.29, 1.82) is 0 Å². The molecule has 3 aromatic carbocycles. The maximum Gasteiger partial charge on any atom is 0.270 e. The summed E-state index contributed by atoms with van der Waals surface area (Å²) in [6.45, 7) is 2.73. The van der Waals surface area contributed by atoms with Gasteiger partial charge in [-0.3, -0.25) is 19.8 Å². The predicted octanol–water partition coefficient (Wildman–Crippen LogP) is 5.11. The first-order chi connectivity index (χ1) is 17.4. The van der Waals surface area contributed by atoms with E-state index in [1.165, 1.54) is 18.1 Å². The standard InChI is InChI=1S/C27H23IN2O5S/c1-3-34-21-6-4-5-20(15-21)30-26(32)22(25(31)29-27(30)36)13-18-9-12-23(24(14-18)33-2)35-16-17-7-10-19(28)11-8-17/h4-15H,3,16H2,1-2H3,(H,29,31,36)/b22-13+. The van der Waals surface area contributed by atoms with Crippen molar-refractivity contribution >= 4 is 63.5 Å². The first kappa shape index (κ1) is 25.6. The average Bonchev–Trinajstić information content (AvgIpc) is 2.87. The number of thiocarbonyl (C=S) groups is 1. The largest absolute Gasteiger partial charge is 0.494 e. The molecule has 0 saturated carbocycles. The van der Waals surface area contributed by atoms with E-state index in [-0.39, 0.29) is 10.7 Å². The minimum Gasteiger partial charge on any atom is -0.494 e. The van der Waals surface area contributed by atoms with E-state index in [1.807, 2.05) is 31.2 Å². The number of hydrogen-bond donors (Lipinski definition) is 1. The number of ether oxygens (including phenoxy) is 3. The van der Waals surface area contributed by atoms with Gasteiger partial charge in [0, 0.05) is 9.64 Å². The zero-order valence-electron chi connectivity index (χ0n) is 19.6. The lowest BCUT2D eigenvalue weighted by Crippen LogP contribution is -2.54. The first-order valence-corrected chi connectivity index (χ1v) is 12.6. The van der Waals surface area contributed by atoms with Crippen LogP contribution in [0.3, 0.4) is 0 Å². The second kappa shape index (κ2) is 11.5. The van der Waals surface area contributed by atoms with Gasteiger partial charge in [0.25, 0.3) is 11.8 Å². The molecular formula is C27H23IN2O5S. The molecule has 7 nitrogen and oxygen atoms in total. The number of carbonyl (C=O) groups excluding carboxylic acids is 2. The van der Waals surface area contributed by atoms with Crippen molar-refractivity contribution in [2.75, 3.05) is 18.6 Å². The van der Waals surface area contributed by atoms with Gasteiger partial charge in [-0.15, -0.1) is 0 Å². The van der Waals surface area contributed by atoms with Gasteiger partial charge in [0.1, 0.15) is 17.9 Å². The first-order valence-electron chi connectivity index (χ1n) is 11.1. The second-order valence-electron chi connectivity index (χ2n) is 7.71. The molecule has 1 N–H and O–H groups in total. The molecule has 0 atom stereocenters. The number of nitrogens with zero attached hydrogens (tertiary/aromatic N) is 1.